The molecule has 3 N–H and O–H groups in total. The summed E-state index contributed by atoms with van der Waals surface area (Å²) in [5.41, 5.74) is 2.51. The highest BCUT2D eigenvalue weighted by Crippen LogP contribution is 2.27. The topological polar surface area (TPSA) is 88.2 Å². The summed E-state index contributed by atoms with van der Waals surface area (Å²) in [5.74, 6) is 0.810. The molecule has 1 amide bonds. The van der Waals surface area contributed by atoms with Crippen LogP contribution in [0.3, 0.4) is 0 Å². The van der Waals surface area contributed by atoms with Crippen LogP contribution in [0.25, 0.3) is 10.9 Å². The summed E-state index contributed by atoms with van der Waals surface area (Å²) in [6, 6.07) is 13.3. The average Bonchev–Trinajstić information content (AvgIpc) is 2.71. The lowest BCUT2D eigenvalue weighted by molar-refractivity contribution is -0.128. The van der Waals surface area contributed by atoms with E-state index in [1.807, 2.05) is 56.3 Å². The third-order valence-corrected chi connectivity index (χ3v) is 5.80. The van der Waals surface area contributed by atoms with E-state index in [9.17, 15) is 4.79 Å². The van der Waals surface area contributed by atoms with Crippen LogP contribution in [-0.4, -0.2) is 35.3 Å². The van der Waals surface area contributed by atoms with Crippen LogP contribution in [0.1, 0.15) is 18.2 Å². The summed E-state index contributed by atoms with van der Waals surface area (Å²) in [7, 11) is 1.61. The molecule has 3 unspecified atom stereocenters. The van der Waals surface area contributed by atoms with E-state index >= 15 is 0 Å². The van der Waals surface area contributed by atoms with Crippen LogP contribution in [0.4, 0.5) is 5.95 Å². The van der Waals surface area contributed by atoms with E-state index in [-0.39, 0.29) is 17.9 Å². The van der Waals surface area contributed by atoms with Crippen molar-refractivity contribution in [3.63, 3.8) is 0 Å². The Labute approximate surface area is 180 Å². The van der Waals surface area contributed by atoms with Gasteiger partial charge in [-0.3, -0.25) is 10.1 Å². The zero-order chi connectivity index (χ0) is 21.3. The first-order chi connectivity index (χ1) is 14.5. The van der Waals surface area contributed by atoms with Gasteiger partial charge in [-0.05, 0) is 38.0 Å². The minimum Gasteiger partial charge on any atom is -0.494 e. The normalized spacial score (nSPS) is 21.3. The highest BCUT2D eigenvalue weighted by atomic mass is 35.5. The van der Waals surface area contributed by atoms with Crippen LogP contribution in [0.15, 0.2) is 42.5 Å². The summed E-state index contributed by atoms with van der Waals surface area (Å²) < 4.78 is 5.43. The van der Waals surface area contributed by atoms with Gasteiger partial charge in [-0.25, -0.2) is 9.97 Å². The van der Waals surface area contributed by atoms with Gasteiger partial charge in [0.25, 0.3) is 0 Å². The van der Waals surface area contributed by atoms with Crippen molar-refractivity contribution in [3.05, 3.63) is 58.7 Å². The zero-order valence-electron chi connectivity index (χ0n) is 17.1. The van der Waals surface area contributed by atoms with Crippen molar-refractivity contribution in [1.29, 1.82) is 0 Å². The largest absolute Gasteiger partial charge is 0.494 e. The summed E-state index contributed by atoms with van der Waals surface area (Å²) >= 11 is 6.27. The fourth-order valence-electron chi connectivity index (χ4n) is 3.78. The number of aromatic nitrogens is 2. The first-order valence-electron chi connectivity index (χ1n) is 9.84. The Morgan fingerprint density at radius 3 is 2.70 bits per heavy atom. The third-order valence-electron chi connectivity index (χ3n) is 5.43. The average molecular weight is 426 g/mol. The second kappa shape index (κ2) is 8.45. The van der Waals surface area contributed by atoms with Gasteiger partial charge in [0.1, 0.15) is 11.3 Å². The van der Waals surface area contributed by atoms with Gasteiger partial charge >= 0.3 is 0 Å². The van der Waals surface area contributed by atoms with E-state index in [0.29, 0.717) is 23.1 Å². The van der Waals surface area contributed by atoms with Crippen LogP contribution in [0, 0.1) is 12.8 Å². The first kappa shape index (κ1) is 20.4. The number of anilines is 1. The predicted molar refractivity (Wildman–Crippen MR) is 118 cm³/mol. The molecule has 0 bridgehead atoms. The number of benzene rings is 2. The van der Waals surface area contributed by atoms with E-state index < -0.39 is 6.29 Å². The number of ether oxygens (including phenoxy) is 1. The monoisotopic (exact) mass is 425 g/mol. The summed E-state index contributed by atoms with van der Waals surface area (Å²) in [6.45, 7) is 3.91. The molecule has 4 rings (SSSR count). The van der Waals surface area contributed by atoms with Gasteiger partial charge in [-0.2, -0.15) is 0 Å². The number of nitrogens with one attached hydrogen (secondary N) is 3. The van der Waals surface area contributed by atoms with Gasteiger partial charge < -0.3 is 15.4 Å². The molecule has 0 aliphatic carbocycles. The summed E-state index contributed by atoms with van der Waals surface area (Å²) in [5, 5.41) is 11.1. The van der Waals surface area contributed by atoms with E-state index in [1.54, 1.807) is 7.11 Å². The maximum absolute atomic E-state index is 12.8. The van der Waals surface area contributed by atoms with Crippen LogP contribution in [0.5, 0.6) is 5.75 Å². The highest BCUT2D eigenvalue weighted by molar-refractivity contribution is 6.31. The SMILES string of the molecule is COc1cccc2c(C)nc(NC3NC(=O)C(Cc4ccccc4Cl)C(C)N3)nc12. The van der Waals surface area contributed by atoms with Crippen molar-refractivity contribution in [2.24, 2.45) is 5.92 Å². The molecular weight excluding hydrogens is 402 g/mol. The third kappa shape index (κ3) is 4.04. The van der Waals surface area contributed by atoms with Gasteiger partial charge in [-0.15, -0.1) is 0 Å². The number of amides is 1. The number of para-hydroxylation sites is 1. The number of nitrogens with zero attached hydrogens (tertiary/aromatic N) is 2. The fourth-order valence-corrected chi connectivity index (χ4v) is 4.00. The summed E-state index contributed by atoms with van der Waals surface area (Å²) in [6.07, 6.45) is 0.0800. The number of hydrogen-bond donors (Lipinski definition) is 3. The van der Waals surface area contributed by atoms with Gasteiger partial charge in [0.05, 0.1) is 18.7 Å². The molecule has 30 heavy (non-hydrogen) atoms. The molecule has 3 aromatic rings. The standard InChI is InChI=1S/C22H24ClN5O2/c1-12-15-8-6-10-18(30-3)19(15)26-21(24-12)28-22-25-13(2)16(20(29)27-22)11-14-7-4-5-9-17(14)23/h4-10,13,16,22,25H,11H2,1-3H3,(H,27,29)(H,24,26,28). The van der Waals surface area contributed by atoms with Gasteiger partial charge in [0.2, 0.25) is 11.9 Å². The van der Waals surface area contributed by atoms with E-state index in [1.165, 1.54) is 0 Å². The smallest absolute Gasteiger partial charge is 0.227 e. The Morgan fingerprint density at radius 1 is 1.17 bits per heavy atom. The van der Waals surface area contributed by atoms with Crippen molar-refractivity contribution in [1.82, 2.24) is 20.6 Å². The Hall–Kier alpha value is -2.90. The van der Waals surface area contributed by atoms with Crippen molar-refractivity contribution in [2.75, 3.05) is 12.4 Å². The molecule has 1 saturated heterocycles. The van der Waals surface area contributed by atoms with Crippen LogP contribution < -0.4 is 20.7 Å². The van der Waals surface area contributed by atoms with Gasteiger partial charge in [-0.1, -0.05) is 41.9 Å². The molecule has 1 fully saturated rings. The Morgan fingerprint density at radius 2 is 1.97 bits per heavy atom. The Bertz CT molecular complexity index is 1090. The van der Waals surface area contributed by atoms with E-state index in [2.05, 4.69) is 25.9 Å². The molecule has 0 saturated carbocycles. The molecule has 2 heterocycles. The minimum atomic E-state index is -0.485. The number of carbonyl (C=O) groups is 1. The maximum atomic E-state index is 12.8. The number of hydrogen-bond acceptors (Lipinski definition) is 6. The number of methoxy groups -OCH3 is 1. The highest BCUT2D eigenvalue weighted by Gasteiger charge is 2.34. The molecule has 2 aromatic carbocycles. The maximum Gasteiger partial charge on any atom is 0.227 e. The zero-order valence-corrected chi connectivity index (χ0v) is 17.8. The second-order valence-corrected chi connectivity index (χ2v) is 7.84. The predicted octanol–water partition coefficient (Wildman–Crippen LogP) is 3.26. The lowest BCUT2D eigenvalue weighted by atomic mass is 9.90. The molecule has 3 atom stereocenters. The molecule has 1 aliphatic heterocycles. The number of rotatable bonds is 5. The number of halogens is 1. The molecule has 8 heteroatoms. The lowest BCUT2D eigenvalue weighted by Gasteiger charge is -2.36. The first-order valence-corrected chi connectivity index (χ1v) is 10.2. The minimum absolute atomic E-state index is 0.0474. The lowest BCUT2D eigenvalue weighted by Crippen LogP contribution is -2.63. The van der Waals surface area contributed by atoms with Crippen LogP contribution >= 0.6 is 11.6 Å². The Kier molecular flexibility index (Phi) is 5.74. The number of aryl methyl sites for hydroxylation is 1. The van der Waals surface area contributed by atoms with E-state index in [0.717, 1.165) is 22.2 Å². The quantitative estimate of drug-likeness (QED) is 0.581. The van der Waals surface area contributed by atoms with E-state index in [4.69, 9.17) is 16.3 Å². The van der Waals surface area contributed by atoms with Crippen LogP contribution in [-0.2, 0) is 11.2 Å². The Balaban J connectivity index is 1.51. The number of fused-ring (bicyclic) bond motifs is 1. The molecule has 7 nitrogen and oxygen atoms in total. The van der Waals surface area contributed by atoms with Crippen LogP contribution in [0.2, 0.25) is 5.02 Å². The molecule has 1 aliphatic rings. The second-order valence-electron chi connectivity index (χ2n) is 7.43. The molecule has 0 radical (unpaired) electrons. The number of carbonyl (C=O) groups excluding carboxylic acids is 1. The molecule has 1 aromatic heterocycles. The van der Waals surface area contributed by atoms with Crippen molar-refractivity contribution in [2.45, 2.75) is 32.6 Å². The summed E-state index contributed by atoms with van der Waals surface area (Å²) in [4.78, 5) is 21.9. The molecule has 0 spiro atoms. The van der Waals surface area contributed by atoms with Crippen molar-refractivity contribution < 1.29 is 9.53 Å². The fraction of sp³-hybridized carbons (Fsp3) is 0.318. The van der Waals surface area contributed by atoms with Crippen molar-refractivity contribution in [3.8, 4) is 5.75 Å². The molecular formula is C22H24ClN5O2. The van der Waals surface area contributed by atoms with Gasteiger partial charge in [0, 0.05) is 16.5 Å². The van der Waals surface area contributed by atoms with Crippen molar-refractivity contribution >= 4 is 34.4 Å². The van der Waals surface area contributed by atoms with Gasteiger partial charge in [0.15, 0.2) is 6.29 Å². The molecule has 156 valence electrons.